The van der Waals surface area contributed by atoms with Crippen LogP contribution >= 0.6 is 27.7 Å². The van der Waals surface area contributed by atoms with Crippen LogP contribution in [0.1, 0.15) is 23.6 Å². The number of rotatable bonds is 7. The molecule has 0 saturated heterocycles. The van der Waals surface area contributed by atoms with Gasteiger partial charge in [0.25, 0.3) is 5.91 Å². The first kappa shape index (κ1) is 24.5. The lowest BCUT2D eigenvalue weighted by Gasteiger charge is -2.24. The van der Waals surface area contributed by atoms with Crippen molar-refractivity contribution < 1.29 is 14.3 Å². The molecule has 1 aliphatic rings. The van der Waals surface area contributed by atoms with Crippen LogP contribution in [-0.2, 0) is 11.8 Å². The van der Waals surface area contributed by atoms with Crippen LogP contribution in [-0.4, -0.2) is 41.2 Å². The third-order valence-electron chi connectivity index (χ3n) is 6.35. The Kier molecular flexibility index (Phi) is 7.07. The summed E-state index contributed by atoms with van der Waals surface area (Å²) < 4.78 is 14.3. The fraction of sp³-hybridized carbons (Fsp3) is 0.214. The summed E-state index contributed by atoms with van der Waals surface area (Å²) in [5.74, 6) is 1.46. The van der Waals surface area contributed by atoms with Gasteiger partial charge in [0.1, 0.15) is 0 Å². The second-order valence-electron chi connectivity index (χ2n) is 8.50. The van der Waals surface area contributed by atoms with Crippen molar-refractivity contribution >= 4 is 50.2 Å². The number of hydrogen-bond acceptors (Lipinski definition) is 5. The number of para-hydroxylation sites is 2. The predicted octanol–water partition coefficient (Wildman–Crippen LogP) is 6.43. The SMILES string of the molecule is COc1cccc(C2CC(c3ccc(Br)cc3)=NN2C(=O)CSc2cn(C)c3ccccc23)c1OC. The molecule has 0 spiro atoms. The van der Waals surface area contributed by atoms with E-state index >= 15 is 0 Å². The predicted molar refractivity (Wildman–Crippen MR) is 148 cm³/mol. The number of methoxy groups -OCH3 is 2. The first-order chi connectivity index (χ1) is 17.5. The molecule has 0 radical (unpaired) electrons. The van der Waals surface area contributed by atoms with Crippen LogP contribution in [0, 0.1) is 0 Å². The van der Waals surface area contributed by atoms with Crippen LogP contribution < -0.4 is 9.47 Å². The van der Waals surface area contributed by atoms with Gasteiger partial charge in [-0.05, 0) is 29.8 Å². The molecule has 3 aromatic carbocycles. The number of hydrogen-bond donors (Lipinski definition) is 0. The Bertz CT molecular complexity index is 1450. The molecule has 36 heavy (non-hydrogen) atoms. The van der Waals surface area contributed by atoms with Crippen molar-refractivity contribution in [3.63, 3.8) is 0 Å². The highest BCUT2D eigenvalue weighted by atomic mass is 79.9. The zero-order chi connectivity index (χ0) is 25.2. The number of halogens is 1. The van der Waals surface area contributed by atoms with E-state index in [2.05, 4.69) is 38.8 Å². The Balaban J connectivity index is 1.47. The van der Waals surface area contributed by atoms with E-state index in [0.29, 0.717) is 17.9 Å². The van der Waals surface area contributed by atoms with Crippen molar-refractivity contribution in [2.45, 2.75) is 17.4 Å². The molecule has 6 nitrogen and oxygen atoms in total. The van der Waals surface area contributed by atoms with Gasteiger partial charge in [-0.3, -0.25) is 4.79 Å². The number of carbonyl (C=O) groups is 1. The number of aryl methyl sites for hydroxylation is 1. The van der Waals surface area contributed by atoms with Gasteiger partial charge in [0.05, 0.1) is 31.7 Å². The molecule has 0 bridgehead atoms. The summed E-state index contributed by atoms with van der Waals surface area (Å²) in [4.78, 5) is 14.7. The normalized spacial score (nSPS) is 15.3. The average molecular weight is 565 g/mol. The van der Waals surface area contributed by atoms with Gasteiger partial charge in [0.2, 0.25) is 0 Å². The largest absolute Gasteiger partial charge is 0.493 e. The number of benzene rings is 3. The van der Waals surface area contributed by atoms with Crippen LogP contribution in [0.3, 0.4) is 0 Å². The van der Waals surface area contributed by atoms with Gasteiger partial charge in [-0.25, -0.2) is 5.01 Å². The standard InChI is InChI=1S/C28H26BrN3O3S/c1-31-16-26(20-7-4-5-9-23(20)31)36-17-27(33)32-24(21-8-6-10-25(34-2)28(21)35-3)15-22(30-32)18-11-13-19(29)14-12-18/h4-14,16,24H,15,17H2,1-3H3. The van der Waals surface area contributed by atoms with Crippen LogP contribution in [0.4, 0.5) is 0 Å². The third-order valence-corrected chi connectivity index (χ3v) is 7.90. The molecule has 184 valence electrons. The van der Waals surface area contributed by atoms with Gasteiger partial charge < -0.3 is 14.0 Å². The lowest BCUT2D eigenvalue weighted by molar-refractivity contribution is -0.130. The summed E-state index contributed by atoms with van der Waals surface area (Å²) in [6.45, 7) is 0. The first-order valence-electron chi connectivity index (χ1n) is 11.5. The maximum Gasteiger partial charge on any atom is 0.253 e. The average Bonchev–Trinajstić information content (AvgIpc) is 3.49. The Morgan fingerprint density at radius 1 is 1.06 bits per heavy atom. The highest BCUT2D eigenvalue weighted by Crippen LogP contribution is 2.42. The minimum Gasteiger partial charge on any atom is -0.493 e. The molecule has 5 rings (SSSR count). The van der Waals surface area contributed by atoms with Gasteiger partial charge in [-0.2, -0.15) is 5.10 Å². The van der Waals surface area contributed by atoms with Crippen molar-refractivity contribution in [3.8, 4) is 11.5 Å². The van der Waals surface area contributed by atoms with Crippen molar-refractivity contribution in [2.75, 3.05) is 20.0 Å². The summed E-state index contributed by atoms with van der Waals surface area (Å²) in [5.41, 5.74) is 3.86. The van der Waals surface area contributed by atoms with E-state index < -0.39 is 0 Å². The summed E-state index contributed by atoms with van der Waals surface area (Å²) in [7, 11) is 5.26. The summed E-state index contributed by atoms with van der Waals surface area (Å²) in [6.07, 6.45) is 2.65. The van der Waals surface area contributed by atoms with E-state index in [1.807, 2.05) is 61.6 Å². The third kappa shape index (κ3) is 4.63. The molecule has 1 atom stereocenters. The molecule has 4 aromatic rings. The Hall–Kier alpha value is -3.23. The molecule has 1 amide bonds. The van der Waals surface area contributed by atoms with Crippen LogP contribution in [0.2, 0.25) is 0 Å². The maximum atomic E-state index is 13.6. The lowest BCUT2D eigenvalue weighted by Crippen LogP contribution is -2.28. The van der Waals surface area contributed by atoms with Gasteiger partial charge in [-0.15, -0.1) is 11.8 Å². The van der Waals surface area contributed by atoms with E-state index in [9.17, 15) is 4.79 Å². The molecular formula is C28H26BrN3O3S. The van der Waals surface area contributed by atoms with Crippen LogP contribution in [0.15, 0.2) is 87.4 Å². The van der Waals surface area contributed by atoms with Gasteiger partial charge in [0, 0.05) is 45.5 Å². The van der Waals surface area contributed by atoms with E-state index in [4.69, 9.17) is 14.6 Å². The van der Waals surface area contributed by atoms with Crippen molar-refractivity contribution in [2.24, 2.45) is 12.1 Å². The number of carbonyl (C=O) groups excluding carboxylic acids is 1. The van der Waals surface area contributed by atoms with E-state index in [-0.39, 0.29) is 17.7 Å². The Labute approximate surface area is 223 Å². The number of ether oxygens (including phenoxy) is 2. The second kappa shape index (κ2) is 10.4. The lowest BCUT2D eigenvalue weighted by atomic mass is 9.97. The molecule has 0 fully saturated rings. The van der Waals surface area contributed by atoms with Crippen molar-refractivity contribution in [3.05, 3.63) is 88.5 Å². The maximum absolute atomic E-state index is 13.6. The fourth-order valence-corrected chi connectivity index (χ4v) is 5.84. The first-order valence-corrected chi connectivity index (χ1v) is 13.3. The Morgan fingerprint density at radius 3 is 2.58 bits per heavy atom. The molecular weight excluding hydrogens is 538 g/mol. The monoisotopic (exact) mass is 563 g/mol. The summed E-state index contributed by atoms with van der Waals surface area (Å²) in [5, 5.41) is 7.59. The number of aromatic nitrogens is 1. The number of fused-ring (bicyclic) bond motifs is 1. The summed E-state index contributed by atoms with van der Waals surface area (Å²) >= 11 is 5.03. The molecule has 1 aliphatic heterocycles. The number of nitrogens with zero attached hydrogens (tertiary/aromatic N) is 3. The van der Waals surface area contributed by atoms with E-state index in [0.717, 1.165) is 37.1 Å². The molecule has 1 aromatic heterocycles. The number of hydrazone groups is 1. The number of amides is 1. The highest BCUT2D eigenvalue weighted by molar-refractivity contribution is 9.10. The van der Waals surface area contributed by atoms with Crippen molar-refractivity contribution in [1.29, 1.82) is 0 Å². The fourth-order valence-electron chi connectivity index (χ4n) is 4.60. The molecule has 0 aliphatic carbocycles. The number of thioether (sulfide) groups is 1. The van der Waals surface area contributed by atoms with Gasteiger partial charge in [0.15, 0.2) is 11.5 Å². The molecule has 2 heterocycles. The van der Waals surface area contributed by atoms with E-state index in [1.165, 1.54) is 11.8 Å². The van der Waals surface area contributed by atoms with E-state index in [1.54, 1.807) is 19.2 Å². The topological polar surface area (TPSA) is 56.1 Å². The highest BCUT2D eigenvalue weighted by Gasteiger charge is 2.35. The molecule has 1 unspecified atom stereocenters. The van der Waals surface area contributed by atoms with Crippen molar-refractivity contribution in [1.82, 2.24) is 9.58 Å². The molecule has 0 N–H and O–H groups in total. The van der Waals surface area contributed by atoms with Crippen LogP contribution in [0.25, 0.3) is 10.9 Å². The second-order valence-corrected chi connectivity index (χ2v) is 10.4. The van der Waals surface area contributed by atoms with Crippen LogP contribution in [0.5, 0.6) is 11.5 Å². The minimum atomic E-state index is -0.297. The quantitative estimate of drug-likeness (QED) is 0.243. The zero-order valence-corrected chi connectivity index (χ0v) is 22.7. The van der Waals surface area contributed by atoms with Gasteiger partial charge >= 0.3 is 0 Å². The zero-order valence-electron chi connectivity index (χ0n) is 20.3. The molecule has 0 saturated carbocycles. The smallest absolute Gasteiger partial charge is 0.253 e. The summed E-state index contributed by atoms with van der Waals surface area (Å²) in [6, 6.07) is 21.7. The van der Waals surface area contributed by atoms with Gasteiger partial charge in [-0.1, -0.05) is 58.4 Å². The minimum absolute atomic E-state index is 0.0603. The molecule has 8 heteroatoms. The Morgan fingerprint density at radius 2 is 1.83 bits per heavy atom.